The number of hydrogen-bond donors (Lipinski definition) is 3. The first-order valence-corrected chi connectivity index (χ1v) is 28.9. The molecule has 3 heterocycles. The number of ketones is 4. The van der Waals surface area contributed by atoms with E-state index >= 15 is 0 Å². The van der Waals surface area contributed by atoms with E-state index in [4.69, 9.17) is 41.6 Å². The lowest BCUT2D eigenvalue weighted by molar-refractivity contribution is -0.237. The van der Waals surface area contributed by atoms with Crippen molar-refractivity contribution in [2.75, 3.05) is 119 Å². The van der Waals surface area contributed by atoms with E-state index < -0.39 is 79.2 Å². The highest BCUT2D eigenvalue weighted by Gasteiger charge is 2.41. The Balaban J connectivity index is 0.000000503. The number of nitrogens with zero attached hydrogens (tertiary/aromatic N) is 3. The van der Waals surface area contributed by atoms with Gasteiger partial charge in [-0.3, -0.25) is 52.6 Å². The van der Waals surface area contributed by atoms with E-state index in [2.05, 4.69) is 16.0 Å². The molecule has 0 spiro atoms. The SMILES string of the molecule is CNCCN(CC(C)=O)CC(=O)NCCN(CC(C)=O)CC(=O)NCCN(CC(C)=O)CC(C)=O.COCC1OC(C)CC1OP(=O)([O-])OCC1OC(C)CC1OP(=O)([O-])OCC1OC(C)CC1OP(C)(=O)[O-]. The van der Waals surface area contributed by atoms with Gasteiger partial charge in [0, 0.05) is 72.3 Å². The summed E-state index contributed by atoms with van der Waals surface area (Å²) in [6.45, 7) is 13.7. The minimum absolute atomic E-state index is 0.0294. The van der Waals surface area contributed by atoms with Crippen molar-refractivity contribution in [3.05, 3.63) is 0 Å². The standard InChI is InChI=1S/C23H42N6O6.C20H39O15P3/c1-18(30)12-27(13-19(2)31)10-7-25-23(35)17-29(15-21(4)33)11-8-26-22(34)16-28(9-6-24-5)14-20(3)32;1-12-6-15(33-36(5,21)22)19(31-12)10-28-38(25,26)35-17-8-14(3)32-20(17)11-29-37(23,24)34-16-7-13(2)30-18(16)9-27-4/h24H,6-17H2,1-5H3,(H,25,35)(H,26,34);12-20H,6-11H2,1-5H3,(H,21,22)(H,23,24)(H,25,26)/p-3. The molecular formula is C43H78N6O21P3-3. The van der Waals surface area contributed by atoms with Gasteiger partial charge < -0.3 is 76.8 Å². The number of hydrogen-bond acceptors (Lipinski definition) is 25. The molecule has 12 unspecified atom stereocenters. The molecule has 424 valence electrons. The Morgan fingerprint density at radius 1 is 0.534 bits per heavy atom. The number of ether oxygens (including phenoxy) is 4. The number of carbonyl (C=O) groups is 6. The van der Waals surface area contributed by atoms with E-state index in [1.54, 1.807) is 42.5 Å². The fourth-order valence-electron chi connectivity index (χ4n) is 8.06. The highest BCUT2D eigenvalue weighted by molar-refractivity contribution is 7.50. The maximum absolute atomic E-state index is 12.5. The second-order valence-corrected chi connectivity index (χ2v) is 23.0. The molecule has 0 aromatic heterocycles. The minimum atomic E-state index is -4.94. The number of phosphoric ester groups is 2. The molecule has 2 amide bonds. The summed E-state index contributed by atoms with van der Waals surface area (Å²) in [4.78, 5) is 112. The van der Waals surface area contributed by atoms with Crippen LogP contribution in [0.15, 0.2) is 0 Å². The molecular weight excluding hydrogens is 1030 g/mol. The van der Waals surface area contributed by atoms with Crippen LogP contribution in [-0.2, 0) is 84.0 Å². The fraction of sp³-hybridized carbons (Fsp3) is 0.860. The Bertz CT molecular complexity index is 1900. The maximum atomic E-state index is 12.5. The van der Waals surface area contributed by atoms with E-state index in [-0.39, 0.29) is 119 Å². The molecule has 0 aliphatic carbocycles. The van der Waals surface area contributed by atoms with Crippen LogP contribution in [0.1, 0.15) is 67.7 Å². The third kappa shape index (κ3) is 29.7. The van der Waals surface area contributed by atoms with Crippen molar-refractivity contribution >= 4 is 58.2 Å². The second kappa shape index (κ2) is 33.1. The molecule has 73 heavy (non-hydrogen) atoms. The summed E-state index contributed by atoms with van der Waals surface area (Å²) < 4.78 is 83.5. The van der Waals surface area contributed by atoms with Gasteiger partial charge in [0.2, 0.25) is 11.8 Å². The maximum Gasteiger partial charge on any atom is 0.268 e. The van der Waals surface area contributed by atoms with Crippen LogP contribution in [0.3, 0.4) is 0 Å². The van der Waals surface area contributed by atoms with Gasteiger partial charge in [-0.1, -0.05) is 0 Å². The molecule has 12 atom stereocenters. The lowest BCUT2D eigenvalue weighted by Crippen LogP contribution is -2.46. The smallest absolute Gasteiger partial charge is 0.268 e. The van der Waals surface area contributed by atoms with Gasteiger partial charge >= 0.3 is 0 Å². The van der Waals surface area contributed by atoms with Crippen LogP contribution < -0.4 is 30.6 Å². The first-order chi connectivity index (χ1) is 34.0. The Kier molecular flexibility index (Phi) is 30.3. The van der Waals surface area contributed by atoms with Crippen LogP contribution >= 0.6 is 23.2 Å². The summed E-state index contributed by atoms with van der Waals surface area (Å²) in [5.74, 6) is -0.831. The summed E-state index contributed by atoms with van der Waals surface area (Å²) in [7, 11) is -10.6. The predicted molar refractivity (Wildman–Crippen MR) is 256 cm³/mol. The fourth-order valence-corrected chi connectivity index (χ4v) is 10.7. The average molecular weight is 1110 g/mol. The predicted octanol–water partition coefficient (Wildman–Crippen LogP) is -1.83. The third-order valence-electron chi connectivity index (χ3n) is 10.8. The third-order valence-corrected chi connectivity index (χ3v) is 13.5. The molecule has 3 fully saturated rings. The van der Waals surface area contributed by atoms with Gasteiger partial charge in [0.15, 0.2) is 0 Å². The zero-order valence-corrected chi connectivity index (χ0v) is 46.4. The van der Waals surface area contributed by atoms with Crippen LogP contribution in [0.25, 0.3) is 0 Å². The molecule has 30 heteroatoms. The number of carbonyl (C=O) groups excluding carboxylic acids is 6. The highest BCUT2D eigenvalue weighted by Crippen LogP contribution is 2.47. The highest BCUT2D eigenvalue weighted by atomic mass is 31.2. The van der Waals surface area contributed by atoms with Crippen LogP contribution in [0, 0.1) is 0 Å². The van der Waals surface area contributed by atoms with Crippen molar-refractivity contribution < 1.29 is 98.7 Å². The van der Waals surface area contributed by atoms with Crippen LogP contribution in [-0.4, -0.2) is 224 Å². The lowest BCUT2D eigenvalue weighted by atomic mass is 10.1. The van der Waals surface area contributed by atoms with Crippen LogP contribution in [0.5, 0.6) is 0 Å². The molecule has 0 bridgehead atoms. The quantitative estimate of drug-likeness (QED) is 0.0588. The summed E-state index contributed by atoms with van der Waals surface area (Å²) in [6.07, 6.45) is -5.77. The van der Waals surface area contributed by atoms with E-state index in [1.807, 2.05) is 0 Å². The number of Topliss-reactive ketones (excluding diaryl/α,β-unsaturated/α-hetero) is 4. The zero-order valence-electron chi connectivity index (χ0n) is 43.7. The molecule has 0 aromatic carbocycles. The minimum Gasteiger partial charge on any atom is -0.779 e. The number of rotatable bonds is 35. The molecule has 3 aliphatic rings. The van der Waals surface area contributed by atoms with Gasteiger partial charge in [-0.25, -0.2) is 0 Å². The van der Waals surface area contributed by atoms with Crippen molar-refractivity contribution in [2.45, 2.75) is 123 Å². The number of amides is 2. The van der Waals surface area contributed by atoms with E-state index in [0.717, 1.165) is 6.66 Å². The molecule has 3 aliphatic heterocycles. The van der Waals surface area contributed by atoms with Gasteiger partial charge in [-0.2, -0.15) is 0 Å². The molecule has 3 rings (SSSR count). The number of nitrogens with one attached hydrogen (secondary N) is 3. The first-order valence-electron chi connectivity index (χ1n) is 24.0. The lowest BCUT2D eigenvalue weighted by Gasteiger charge is -2.32. The zero-order chi connectivity index (χ0) is 55.1. The number of methoxy groups -OCH3 is 1. The summed E-state index contributed by atoms with van der Waals surface area (Å²) >= 11 is 0. The van der Waals surface area contributed by atoms with E-state index in [0.29, 0.717) is 32.6 Å². The monoisotopic (exact) mass is 1110 g/mol. The van der Waals surface area contributed by atoms with Crippen molar-refractivity contribution in [3.8, 4) is 0 Å². The topological polar surface area (TPSA) is 352 Å². The van der Waals surface area contributed by atoms with E-state index in [1.165, 1.54) is 34.8 Å². The second-order valence-electron chi connectivity index (χ2n) is 18.6. The van der Waals surface area contributed by atoms with Crippen LogP contribution in [0.2, 0.25) is 0 Å². The van der Waals surface area contributed by atoms with Gasteiger partial charge in [-0.05, 0) is 55.5 Å². The Morgan fingerprint density at radius 2 is 0.849 bits per heavy atom. The molecule has 0 aromatic rings. The molecule has 0 radical (unpaired) electrons. The Labute approximate surface area is 428 Å². The van der Waals surface area contributed by atoms with Crippen molar-refractivity contribution in [3.63, 3.8) is 0 Å². The normalized spacial score (nSPS) is 26.4. The van der Waals surface area contributed by atoms with Crippen molar-refractivity contribution in [2.24, 2.45) is 0 Å². The van der Waals surface area contributed by atoms with Crippen molar-refractivity contribution in [1.29, 1.82) is 0 Å². The number of likely N-dealkylation sites (N-methyl/N-ethyl adjacent to an activating group) is 1. The van der Waals surface area contributed by atoms with Crippen molar-refractivity contribution in [1.82, 2.24) is 30.7 Å². The average Bonchev–Trinajstić information content (AvgIpc) is 3.89. The van der Waals surface area contributed by atoms with Gasteiger partial charge in [0.25, 0.3) is 15.6 Å². The molecule has 3 saturated heterocycles. The Morgan fingerprint density at radius 3 is 1.16 bits per heavy atom. The molecule has 27 nitrogen and oxygen atoms in total. The summed E-state index contributed by atoms with van der Waals surface area (Å²) in [5.41, 5.74) is 0. The van der Waals surface area contributed by atoms with Gasteiger partial charge in [0.1, 0.15) is 49.0 Å². The van der Waals surface area contributed by atoms with Gasteiger partial charge in [0.05, 0.1) is 95.7 Å². The van der Waals surface area contributed by atoms with E-state index in [9.17, 15) is 57.1 Å². The molecule has 0 saturated carbocycles. The van der Waals surface area contributed by atoms with Crippen LogP contribution in [0.4, 0.5) is 0 Å². The van der Waals surface area contributed by atoms with Gasteiger partial charge in [-0.15, -0.1) is 0 Å². The number of phosphoric acid groups is 2. The molecule has 3 N–H and O–H groups in total. The Hall–Kier alpha value is -2.33. The largest absolute Gasteiger partial charge is 0.779 e. The summed E-state index contributed by atoms with van der Waals surface area (Å²) in [6, 6.07) is 0. The first kappa shape index (κ1) is 66.8. The summed E-state index contributed by atoms with van der Waals surface area (Å²) in [5, 5.41) is 8.49.